The number of urea groups is 1. The summed E-state index contributed by atoms with van der Waals surface area (Å²) in [7, 11) is -3.49. The number of aromatic nitrogens is 2. The quantitative estimate of drug-likeness (QED) is 0.763. The molecule has 2 heterocycles. The van der Waals surface area contributed by atoms with Gasteiger partial charge in [-0.15, -0.1) is 4.36 Å². The van der Waals surface area contributed by atoms with E-state index in [1.165, 1.54) is 28.5 Å². The second-order valence-electron chi connectivity index (χ2n) is 9.25. The van der Waals surface area contributed by atoms with Gasteiger partial charge in [0, 0.05) is 11.1 Å². The standard InChI is InChI=1S/C21H27N5O3S/c1-21(2)11-26-19(29-12-21)17(10-23-26)30(22,28)25-20(27)24-18-15-7-3-5-13(15)9-14-6-4-8-16(14)18/h9-10H,3-8,11-12H2,1-2H3,(H3,22,24,25,27,28)/t30-/m1/s1. The number of hydrogen-bond acceptors (Lipinski definition) is 4. The smallest absolute Gasteiger partial charge is 0.354 e. The summed E-state index contributed by atoms with van der Waals surface area (Å²) < 4.78 is 24.4. The van der Waals surface area contributed by atoms with E-state index in [0.29, 0.717) is 19.0 Å². The second-order valence-corrected chi connectivity index (χ2v) is 11.0. The number of carbonyl (C=O) groups is 1. The van der Waals surface area contributed by atoms with Crippen molar-refractivity contribution in [1.82, 2.24) is 9.78 Å². The average Bonchev–Trinajstić information content (AvgIpc) is 3.38. The lowest BCUT2D eigenvalue weighted by molar-refractivity contribution is 0.0972. The lowest BCUT2D eigenvalue weighted by atomic mass is 9.94. The molecule has 5 rings (SSSR count). The van der Waals surface area contributed by atoms with E-state index in [2.05, 4.69) is 34.7 Å². The van der Waals surface area contributed by atoms with E-state index in [1.54, 1.807) is 4.68 Å². The fourth-order valence-electron chi connectivity index (χ4n) is 4.80. The Bertz CT molecular complexity index is 1140. The Morgan fingerprint density at radius 1 is 1.23 bits per heavy atom. The van der Waals surface area contributed by atoms with E-state index in [4.69, 9.17) is 9.88 Å². The third-order valence-electron chi connectivity index (χ3n) is 6.18. The summed E-state index contributed by atoms with van der Waals surface area (Å²) in [5.74, 6) is 0.333. The number of rotatable bonds is 2. The summed E-state index contributed by atoms with van der Waals surface area (Å²) in [5.41, 5.74) is 5.76. The van der Waals surface area contributed by atoms with Crippen LogP contribution < -0.4 is 15.2 Å². The topological polar surface area (TPSA) is 112 Å². The summed E-state index contributed by atoms with van der Waals surface area (Å²) in [6.07, 6.45) is 7.52. The van der Waals surface area contributed by atoms with E-state index >= 15 is 0 Å². The Kier molecular flexibility index (Phi) is 4.44. The molecule has 2 amide bonds. The average molecular weight is 430 g/mol. The first-order valence-electron chi connectivity index (χ1n) is 10.4. The predicted octanol–water partition coefficient (Wildman–Crippen LogP) is 3.21. The number of ether oxygens (including phenoxy) is 1. The van der Waals surface area contributed by atoms with Crippen molar-refractivity contribution in [2.75, 3.05) is 11.9 Å². The molecule has 9 heteroatoms. The first-order valence-corrected chi connectivity index (χ1v) is 12.0. The van der Waals surface area contributed by atoms with E-state index in [1.807, 2.05) is 0 Å². The number of nitrogens with two attached hydrogens (primary N) is 1. The minimum absolute atomic E-state index is 0.0889. The first kappa shape index (κ1) is 19.6. The molecule has 2 aromatic rings. The molecule has 1 atom stereocenters. The Hall–Kier alpha value is -2.39. The number of aryl methyl sites for hydroxylation is 2. The largest absolute Gasteiger partial charge is 0.476 e. The van der Waals surface area contributed by atoms with E-state index in [-0.39, 0.29) is 10.3 Å². The summed E-state index contributed by atoms with van der Waals surface area (Å²) in [6, 6.07) is 1.61. The van der Waals surface area contributed by atoms with Crippen LogP contribution in [0.4, 0.5) is 10.5 Å². The molecule has 1 aromatic heterocycles. The molecule has 0 saturated heterocycles. The van der Waals surface area contributed by atoms with Crippen LogP contribution in [0.25, 0.3) is 0 Å². The van der Waals surface area contributed by atoms with Crippen molar-refractivity contribution >= 4 is 21.6 Å². The number of benzene rings is 1. The summed E-state index contributed by atoms with van der Waals surface area (Å²) >= 11 is 0. The number of nitrogens with zero attached hydrogens (tertiary/aromatic N) is 3. The van der Waals surface area contributed by atoms with Gasteiger partial charge in [-0.3, -0.25) is 0 Å². The fraction of sp³-hybridized carbons (Fsp3) is 0.524. The van der Waals surface area contributed by atoms with Crippen LogP contribution >= 0.6 is 0 Å². The highest BCUT2D eigenvalue weighted by Gasteiger charge is 2.32. The van der Waals surface area contributed by atoms with Crippen molar-refractivity contribution < 1.29 is 13.7 Å². The van der Waals surface area contributed by atoms with Gasteiger partial charge in [-0.2, -0.15) is 5.10 Å². The summed E-state index contributed by atoms with van der Waals surface area (Å²) in [6.45, 7) is 5.19. The Morgan fingerprint density at radius 3 is 2.57 bits per heavy atom. The van der Waals surface area contributed by atoms with Gasteiger partial charge >= 0.3 is 6.03 Å². The van der Waals surface area contributed by atoms with Crippen molar-refractivity contribution in [3.63, 3.8) is 0 Å². The molecule has 0 bridgehead atoms. The monoisotopic (exact) mass is 429 g/mol. The number of nitrogens with one attached hydrogen (secondary N) is 1. The van der Waals surface area contributed by atoms with Gasteiger partial charge in [-0.25, -0.2) is 18.8 Å². The number of amides is 2. The Morgan fingerprint density at radius 2 is 1.90 bits per heavy atom. The molecule has 0 spiro atoms. The van der Waals surface area contributed by atoms with Gasteiger partial charge in [0.1, 0.15) is 4.90 Å². The molecular formula is C21H27N5O3S. The third-order valence-corrected chi connectivity index (χ3v) is 7.52. The molecule has 2 aliphatic carbocycles. The van der Waals surface area contributed by atoms with Crippen LogP contribution in [0.2, 0.25) is 0 Å². The van der Waals surface area contributed by atoms with E-state index < -0.39 is 15.9 Å². The number of hydrogen-bond donors (Lipinski definition) is 2. The van der Waals surface area contributed by atoms with Gasteiger partial charge < -0.3 is 10.1 Å². The molecule has 3 aliphatic rings. The Balaban J connectivity index is 1.47. The van der Waals surface area contributed by atoms with Crippen LogP contribution in [-0.4, -0.2) is 26.6 Å². The molecule has 0 saturated carbocycles. The Labute approximate surface area is 176 Å². The van der Waals surface area contributed by atoms with Crippen LogP contribution in [0, 0.1) is 5.41 Å². The normalized spacial score (nSPS) is 20.5. The second kappa shape index (κ2) is 6.81. The van der Waals surface area contributed by atoms with Crippen molar-refractivity contribution in [1.29, 1.82) is 0 Å². The van der Waals surface area contributed by atoms with Gasteiger partial charge in [0.05, 0.1) is 19.3 Å². The molecule has 8 nitrogen and oxygen atoms in total. The number of anilines is 1. The highest BCUT2D eigenvalue weighted by atomic mass is 32.2. The van der Waals surface area contributed by atoms with Crippen LogP contribution in [0.15, 0.2) is 21.5 Å². The molecule has 30 heavy (non-hydrogen) atoms. The lowest BCUT2D eigenvalue weighted by Crippen LogP contribution is -2.33. The summed E-state index contributed by atoms with van der Waals surface area (Å²) in [4.78, 5) is 13.0. The van der Waals surface area contributed by atoms with Gasteiger partial charge in [0.2, 0.25) is 5.88 Å². The summed E-state index contributed by atoms with van der Waals surface area (Å²) in [5, 5.41) is 13.2. The number of fused-ring (bicyclic) bond motifs is 3. The first-order chi connectivity index (χ1) is 14.2. The third kappa shape index (κ3) is 3.30. The van der Waals surface area contributed by atoms with Gasteiger partial charge in [0.15, 0.2) is 9.92 Å². The number of carbonyl (C=O) groups excluding carboxylic acids is 1. The van der Waals surface area contributed by atoms with Crippen molar-refractivity contribution in [2.24, 2.45) is 14.9 Å². The van der Waals surface area contributed by atoms with Crippen LogP contribution in [0.1, 0.15) is 48.9 Å². The van der Waals surface area contributed by atoms with Crippen molar-refractivity contribution in [2.45, 2.75) is 63.8 Å². The van der Waals surface area contributed by atoms with Gasteiger partial charge in [-0.05, 0) is 60.8 Å². The molecular weight excluding hydrogens is 402 g/mol. The highest BCUT2D eigenvalue weighted by Crippen LogP contribution is 2.39. The maximum absolute atomic E-state index is 13.2. The molecule has 3 N–H and O–H groups in total. The maximum atomic E-state index is 13.2. The highest BCUT2D eigenvalue weighted by molar-refractivity contribution is 7.91. The van der Waals surface area contributed by atoms with Crippen LogP contribution in [0.3, 0.4) is 0 Å². The van der Waals surface area contributed by atoms with E-state index in [0.717, 1.165) is 44.2 Å². The fourth-order valence-corrected chi connectivity index (χ4v) is 5.80. The molecule has 0 fully saturated rings. The zero-order chi connectivity index (χ0) is 21.1. The van der Waals surface area contributed by atoms with E-state index in [9.17, 15) is 9.00 Å². The lowest BCUT2D eigenvalue weighted by Gasteiger charge is -2.30. The van der Waals surface area contributed by atoms with Crippen molar-refractivity contribution in [3.05, 3.63) is 34.5 Å². The SMILES string of the molecule is CC1(C)COc2c([S@](N)(=O)=NC(=O)Nc3c4c(cc5c3CCC5)CCC4)cnn2C1. The zero-order valence-electron chi connectivity index (χ0n) is 17.4. The zero-order valence-corrected chi connectivity index (χ0v) is 18.2. The van der Waals surface area contributed by atoms with Crippen LogP contribution in [-0.2, 0) is 42.1 Å². The van der Waals surface area contributed by atoms with Crippen molar-refractivity contribution in [3.8, 4) is 5.88 Å². The van der Waals surface area contributed by atoms with Crippen LogP contribution in [0.5, 0.6) is 5.88 Å². The molecule has 1 aliphatic heterocycles. The molecule has 0 radical (unpaired) electrons. The molecule has 1 aromatic carbocycles. The minimum atomic E-state index is -3.49. The molecule has 160 valence electrons. The minimum Gasteiger partial charge on any atom is -0.476 e. The van der Waals surface area contributed by atoms with Gasteiger partial charge in [-0.1, -0.05) is 19.9 Å². The molecule has 0 unspecified atom stereocenters. The maximum Gasteiger partial charge on any atom is 0.354 e. The van der Waals surface area contributed by atoms with Gasteiger partial charge in [0.25, 0.3) is 0 Å². The predicted molar refractivity (Wildman–Crippen MR) is 114 cm³/mol.